The first-order valence-electron chi connectivity index (χ1n) is 6.92. The molecular weight excluding hydrogens is 244 g/mol. The summed E-state index contributed by atoms with van der Waals surface area (Å²) >= 11 is 0. The fourth-order valence-electron chi connectivity index (χ4n) is 1.57. The molecule has 0 aliphatic rings. The van der Waals surface area contributed by atoms with Gasteiger partial charge in [0, 0.05) is 40.5 Å². The molecule has 0 aromatic carbocycles. The molecule has 114 valence electrons. The summed E-state index contributed by atoms with van der Waals surface area (Å²) in [6, 6.07) is -0.177. The lowest BCUT2D eigenvalue weighted by atomic mass is 9.89. The van der Waals surface area contributed by atoms with Crippen LogP contribution in [0.4, 0.5) is 0 Å². The van der Waals surface area contributed by atoms with Crippen LogP contribution in [0.3, 0.4) is 0 Å². The van der Waals surface area contributed by atoms with Gasteiger partial charge in [0.15, 0.2) is 0 Å². The third-order valence-corrected chi connectivity index (χ3v) is 3.09. The molecule has 0 radical (unpaired) electrons. The van der Waals surface area contributed by atoms with Crippen molar-refractivity contribution in [3.8, 4) is 0 Å². The van der Waals surface area contributed by atoms with Crippen LogP contribution in [0.5, 0.6) is 0 Å². The Morgan fingerprint density at radius 1 is 1.21 bits per heavy atom. The summed E-state index contributed by atoms with van der Waals surface area (Å²) in [5, 5.41) is 6.16. The number of amides is 1. The van der Waals surface area contributed by atoms with Gasteiger partial charge in [-0.25, -0.2) is 0 Å². The van der Waals surface area contributed by atoms with E-state index in [0.29, 0.717) is 13.2 Å². The molecule has 1 amide bonds. The summed E-state index contributed by atoms with van der Waals surface area (Å²) in [7, 11) is 3.37. The average Bonchev–Trinajstić information content (AvgIpc) is 2.38. The van der Waals surface area contributed by atoms with Crippen molar-refractivity contribution in [1.82, 2.24) is 10.6 Å². The predicted octanol–water partition coefficient (Wildman–Crippen LogP) is 1.18. The van der Waals surface area contributed by atoms with Gasteiger partial charge in [0.2, 0.25) is 5.91 Å². The summed E-state index contributed by atoms with van der Waals surface area (Å²) in [4.78, 5) is 11.8. The van der Waals surface area contributed by atoms with Crippen molar-refractivity contribution in [2.24, 2.45) is 5.41 Å². The SMILES string of the molecule is COCCCNC(=O)C(C)NCC(C)(C)CCOC. The molecule has 5 nitrogen and oxygen atoms in total. The number of rotatable bonds is 11. The summed E-state index contributed by atoms with van der Waals surface area (Å²) in [6.45, 7) is 9.09. The molecule has 0 aliphatic carbocycles. The Morgan fingerprint density at radius 3 is 2.42 bits per heavy atom. The quantitative estimate of drug-likeness (QED) is 0.556. The zero-order chi connectivity index (χ0) is 14.7. The van der Waals surface area contributed by atoms with E-state index in [1.807, 2.05) is 6.92 Å². The monoisotopic (exact) mass is 274 g/mol. The number of methoxy groups -OCH3 is 2. The van der Waals surface area contributed by atoms with Crippen molar-refractivity contribution in [3.63, 3.8) is 0 Å². The van der Waals surface area contributed by atoms with Gasteiger partial charge in [-0.3, -0.25) is 4.79 Å². The highest BCUT2D eigenvalue weighted by Gasteiger charge is 2.20. The van der Waals surface area contributed by atoms with Gasteiger partial charge in [-0.05, 0) is 25.2 Å². The number of nitrogens with one attached hydrogen (secondary N) is 2. The normalized spacial score (nSPS) is 13.3. The van der Waals surface area contributed by atoms with Crippen LogP contribution < -0.4 is 10.6 Å². The number of carbonyl (C=O) groups is 1. The molecule has 0 bridgehead atoms. The van der Waals surface area contributed by atoms with Crippen molar-refractivity contribution < 1.29 is 14.3 Å². The first-order chi connectivity index (χ1) is 8.93. The Balaban J connectivity index is 3.82. The molecule has 0 heterocycles. The Hall–Kier alpha value is -0.650. The van der Waals surface area contributed by atoms with Crippen molar-refractivity contribution in [2.45, 2.75) is 39.7 Å². The van der Waals surface area contributed by atoms with Crippen LogP contribution in [-0.2, 0) is 14.3 Å². The molecule has 5 heteroatoms. The van der Waals surface area contributed by atoms with Crippen molar-refractivity contribution >= 4 is 5.91 Å². The summed E-state index contributed by atoms with van der Waals surface area (Å²) < 4.78 is 10.0. The third kappa shape index (κ3) is 9.87. The van der Waals surface area contributed by atoms with Crippen LogP contribution in [0.25, 0.3) is 0 Å². The van der Waals surface area contributed by atoms with E-state index >= 15 is 0 Å². The van der Waals surface area contributed by atoms with E-state index in [2.05, 4.69) is 24.5 Å². The van der Waals surface area contributed by atoms with E-state index in [1.165, 1.54) is 0 Å². The molecule has 1 atom stereocenters. The minimum Gasteiger partial charge on any atom is -0.385 e. The van der Waals surface area contributed by atoms with Crippen molar-refractivity contribution in [3.05, 3.63) is 0 Å². The van der Waals surface area contributed by atoms with Gasteiger partial charge in [-0.15, -0.1) is 0 Å². The summed E-state index contributed by atoms with van der Waals surface area (Å²) in [5.41, 5.74) is 0.126. The Kier molecular flexibility index (Phi) is 9.83. The van der Waals surface area contributed by atoms with Crippen molar-refractivity contribution in [2.75, 3.05) is 40.5 Å². The fraction of sp³-hybridized carbons (Fsp3) is 0.929. The van der Waals surface area contributed by atoms with Crippen LogP contribution in [0.1, 0.15) is 33.6 Å². The summed E-state index contributed by atoms with van der Waals surface area (Å²) in [6.07, 6.45) is 1.81. The Labute approximate surface area is 117 Å². The number of hydrogen-bond donors (Lipinski definition) is 2. The zero-order valence-corrected chi connectivity index (χ0v) is 13.0. The van der Waals surface area contributed by atoms with Crippen LogP contribution in [0.2, 0.25) is 0 Å². The molecule has 0 aromatic heterocycles. The molecule has 0 saturated heterocycles. The van der Waals surface area contributed by atoms with Crippen molar-refractivity contribution in [1.29, 1.82) is 0 Å². The highest BCUT2D eigenvalue weighted by molar-refractivity contribution is 5.81. The van der Waals surface area contributed by atoms with E-state index < -0.39 is 0 Å². The van der Waals surface area contributed by atoms with E-state index in [1.54, 1.807) is 14.2 Å². The van der Waals surface area contributed by atoms with E-state index in [4.69, 9.17) is 9.47 Å². The molecule has 0 aromatic rings. The minimum absolute atomic E-state index is 0.0404. The van der Waals surface area contributed by atoms with Gasteiger partial charge in [0.1, 0.15) is 0 Å². The number of ether oxygens (including phenoxy) is 2. The second kappa shape index (κ2) is 10.2. The standard InChI is InChI=1S/C14H30N2O3/c1-12(13(17)15-8-6-9-18-4)16-11-14(2,3)7-10-19-5/h12,16H,6-11H2,1-5H3,(H,15,17). The second-order valence-electron chi connectivity index (χ2n) is 5.65. The van der Waals surface area contributed by atoms with Gasteiger partial charge in [0.25, 0.3) is 0 Å². The minimum atomic E-state index is -0.177. The smallest absolute Gasteiger partial charge is 0.236 e. The molecule has 0 fully saturated rings. The zero-order valence-electron chi connectivity index (χ0n) is 13.0. The maximum absolute atomic E-state index is 11.8. The average molecular weight is 274 g/mol. The lowest BCUT2D eigenvalue weighted by Crippen LogP contribution is -2.45. The van der Waals surface area contributed by atoms with Gasteiger partial charge >= 0.3 is 0 Å². The first-order valence-corrected chi connectivity index (χ1v) is 6.92. The molecule has 2 N–H and O–H groups in total. The lowest BCUT2D eigenvalue weighted by Gasteiger charge is -2.26. The predicted molar refractivity (Wildman–Crippen MR) is 77.2 cm³/mol. The van der Waals surface area contributed by atoms with Crippen LogP contribution in [-0.4, -0.2) is 52.5 Å². The largest absolute Gasteiger partial charge is 0.385 e. The number of carbonyl (C=O) groups excluding carboxylic acids is 1. The maximum atomic E-state index is 11.8. The third-order valence-electron chi connectivity index (χ3n) is 3.09. The highest BCUT2D eigenvalue weighted by Crippen LogP contribution is 2.18. The van der Waals surface area contributed by atoms with E-state index in [9.17, 15) is 4.79 Å². The molecule has 0 spiro atoms. The van der Waals surface area contributed by atoms with Gasteiger partial charge in [-0.1, -0.05) is 13.8 Å². The summed E-state index contributed by atoms with van der Waals surface area (Å²) in [5.74, 6) is 0.0404. The van der Waals surface area contributed by atoms with Crippen LogP contribution in [0.15, 0.2) is 0 Å². The van der Waals surface area contributed by atoms with E-state index in [0.717, 1.165) is 26.0 Å². The Morgan fingerprint density at radius 2 is 1.84 bits per heavy atom. The molecule has 0 rings (SSSR count). The van der Waals surface area contributed by atoms with Gasteiger partial charge in [-0.2, -0.15) is 0 Å². The molecule has 19 heavy (non-hydrogen) atoms. The fourth-order valence-corrected chi connectivity index (χ4v) is 1.57. The maximum Gasteiger partial charge on any atom is 0.236 e. The second-order valence-corrected chi connectivity index (χ2v) is 5.65. The van der Waals surface area contributed by atoms with Gasteiger partial charge < -0.3 is 20.1 Å². The molecule has 0 saturated carbocycles. The van der Waals surface area contributed by atoms with E-state index in [-0.39, 0.29) is 17.4 Å². The topological polar surface area (TPSA) is 59.6 Å². The molecule has 0 aliphatic heterocycles. The highest BCUT2D eigenvalue weighted by atomic mass is 16.5. The lowest BCUT2D eigenvalue weighted by molar-refractivity contribution is -0.122. The first kappa shape index (κ1) is 18.4. The van der Waals surface area contributed by atoms with Crippen LogP contribution in [0, 0.1) is 5.41 Å². The molecule has 1 unspecified atom stereocenters. The Bertz CT molecular complexity index is 245. The number of hydrogen-bond acceptors (Lipinski definition) is 4. The van der Waals surface area contributed by atoms with Crippen LogP contribution >= 0.6 is 0 Å². The van der Waals surface area contributed by atoms with Gasteiger partial charge in [0.05, 0.1) is 6.04 Å². The molecular formula is C14H30N2O3.